The number of carbonyl (C=O) groups is 12. The zero-order chi connectivity index (χ0) is 59.3. The molecule has 0 aromatic heterocycles. The Hall–Kier alpha value is -6.62. The van der Waals surface area contributed by atoms with Crippen LogP contribution in [-0.4, -0.2) is 144 Å². The van der Waals surface area contributed by atoms with Gasteiger partial charge >= 0.3 is 23.9 Å². The molecule has 0 saturated heterocycles. The summed E-state index contributed by atoms with van der Waals surface area (Å²) in [5.74, 6) is -12.6. The number of rotatable bonds is 32. The second-order valence-electron chi connectivity index (χ2n) is 21.0. The van der Waals surface area contributed by atoms with Gasteiger partial charge in [0.25, 0.3) is 0 Å². The number of esters is 4. The fraction of sp³-hybridized carbons (Fsp3) is 0.731. The molecule has 0 aliphatic heterocycles. The maximum atomic E-state index is 14.7. The molecule has 0 aromatic carbocycles. The molecule has 0 rings (SSSR count). The van der Waals surface area contributed by atoms with Crippen LogP contribution in [0.3, 0.4) is 0 Å². The largest absolute Gasteiger partial charge is 0.464 e. The van der Waals surface area contributed by atoms with E-state index in [-0.39, 0.29) is 32.0 Å². The van der Waals surface area contributed by atoms with E-state index in [1.807, 2.05) is 0 Å². The van der Waals surface area contributed by atoms with Gasteiger partial charge in [0, 0.05) is 26.7 Å². The second kappa shape index (κ2) is 30.8. The van der Waals surface area contributed by atoms with E-state index >= 15 is 0 Å². The van der Waals surface area contributed by atoms with E-state index in [0.717, 1.165) is 13.8 Å². The molecule has 0 radical (unpaired) electrons. The minimum Gasteiger partial charge on any atom is -0.464 e. The van der Waals surface area contributed by atoms with Gasteiger partial charge in [-0.1, -0.05) is 67.5 Å². The molecule has 24 nitrogen and oxygen atoms in total. The molecule has 0 bridgehead atoms. The molecule has 0 heterocycles. The van der Waals surface area contributed by atoms with E-state index in [1.165, 1.54) is 27.7 Å². The molecule has 0 aliphatic rings. The van der Waals surface area contributed by atoms with E-state index in [9.17, 15) is 57.5 Å². The van der Waals surface area contributed by atoms with Crippen molar-refractivity contribution in [3.8, 4) is 0 Å². The predicted molar refractivity (Wildman–Crippen MR) is 279 cm³/mol. The summed E-state index contributed by atoms with van der Waals surface area (Å²) in [4.78, 5) is 163. The highest BCUT2D eigenvalue weighted by Crippen LogP contribution is 2.27. The van der Waals surface area contributed by atoms with E-state index in [1.54, 1.807) is 83.1 Å². The summed E-state index contributed by atoms with van der Waals surface area (Å²) in [5, 5.41) is 20.5. The Bertz CT molecular complexity index is 1990. The number of hydrogen-bond donors (Lipinski definition) is 8. The molecule has 8 N–H and O–H groups in total. The van der Waals surface area contributed by atoms with Gasteiger partial charge in [-0.2, -0.15) is 0 Å². The van der Waals surface area contributed by atoms with Crippen LogP contribution in [0.1, 0.15) is 150 Å². The fourth-order valence-corrected chi connectivity index (χ4v) is 8.03. The maximum absolute atomic E-state index is 14.7. The highest BCUT2D eigenvalue weighted by molar-refractivity contribution is 6.01. The van der Waals surface area contributed by atoms with Crippen molar-refractivity contribution in [3.05, 3.63) is 12.2 Å². The molecule has 24 heteroatoms. The lowest BCUT2D eigenvalue weighted by Gasteiger charge is -2.37. The summed E-state index contributed by atoms with van der Waals surface area (Å²) in [6, 6.07) is -4.91. The molecule has 8 atom stereocenters. The Morgan fingerprint density at radius 2 is 0.566 bits per heavy atom. The smallest absolute Gasteiger partial charge is 0.328 e. The first-order valence-electron chi connectivity index (χ1n) is 25.7. The minimum atomic E-state index is -2.13. The minimum absolute atomic E-state index is 0.000800. The summed E-state index contributed by atoms with van der Waals surface area (Å²) >= 11 is 0. The third-order valence-electron chi connectivity index (χ3n) is 11.9. The van der Waals surface area contributed by atoms with Crippen molar-refractivity contribution < 1.29 is 76.5 Å². The van der Waals surface area contributed by atoms with E-state index in [4.69, 9.17) is 18.9 Å². The zero-order valence-corrected chi connectivity index (χ0v) is 48.0. The van der Waals surface area contributed by atoms with Crippen molar-refractivity contribution >= 4 is 71.1 Å². The second-order valence-corrected chi connectivity index (χ2v) is 21.0. The predicted octanol–water partition coefficient (Wildman–Crippen LogP) is 1.46. The van der Waals surface area contributed by atoms with Crippen molar-refractivity contribution in [1.29, 1.82) is 0 Å². The third kappa shape index (κ3) is 21.5. The maximum Gasteiger partial charge on any atom is 0.328 e. The van der Waals surface area contributed by atoms with Crippen LogP contribution in [-0.2, 0) is 76.5 Å². The quantitative estimate of drug-likeness (QED) is 0.0269. The lowest BCUT2D eigenvalue weighted by atomic mass is 9.83. The van der Waals surface area contributed by atoms with Crippen LogP contribution in [0.5, 0.6) is 0 Å². The summed E-state index contributed by atoms with van der Waals surface area (Å²) < 4.78 is 20.7. The van der Waals surface area contributed by atoms with Crippen LogP contribution in [0.15, 0.2) is 12.2 Å². The third-order valence-corrected chi connectivity index (χ3v) is 11.9. The molecule has 8 amide bonds. The molecule has 76 heavy (non-hydrogen) atoms. The molecule has 432 valence electrons. The highest BCUT2D eigenvalue weighted by atomic mass is 16.5. The number of hydrogen-bond acceptors (Lipinski definition) is 16. The van der Waals surface area contributed by atoms with Crippen LogP contribution >= 0.6 is 0 Å². The first-order valence-corrected chi connectivity index (χ1v) is 25.7. The molecule has 0 fully saturated rings. The molecule has 0 aromatic rings. The Morgan fingerprint density at radius 1 is 0.368 bits per heavy atom. The zero-order valence-electron chi connectivity index (χ0n) is 48.0. The lowest BCUT2D eigenvalue weighted by Crippen LogP contribution is -2.65. The van der Waals surface area contributed by atoms with Gasteiger partial charge in [-0.05, 0) is 79.1 Å². The van der Waals surface area contributed by atoms with Crippen molar-refractivity contribution in [2.24, 2.45) is 23.7 Å². The van der Waals surface area contributed by atoms with Gasteiger partial charge in [-0.25, -0.2) is 19.2 Å². The molecule has 0 spiro atoms. The van der Waals surface area contributed by atoms with Crippen LogP contribution in [0, 0.1) is 23.7 Å². The average molecular weight is 1080 g/mol. The van der Waals surface area contributed by atoms with E-state index in [0.29, 0.717) is 0 Å². The van der Waals surface area contributed by atoms with Crippen molar-refractivity contribution in [2.45, 2.75) is 197 Å². The van der Waals surface area contributed by atoms with Crippen LogP contribution in [0.4, 0.5) is 0 Å². The molecule has 0 unspecified atom stereocenters. The van der Waals surface area contributed by atoms with Crippen molar-refractivity contribution in [3.63, 3.8) is 0 Å². The summed E-state index contributed by atoms with van der Waals surface area (Å²) in [5.41, 5.74) is -8.39. The monoisotopic (exact) mass is 1080 g/mol. The van der Waals surface area contributed by atoms with Gasteiger partial charge in [0.2, 0.25) is 47.3 Å². The van der Waals surface area contributed by atoms with Crippen LogP contribution < -0.4 is 42.5 Å². The first kappa shape index (κ1) is 69.4. The standard InChI is InChI=1S/C52H88N8O16/c1-20-73-41(65)37(28(5)6)53-45(69)49(16,59-35(63)26-51(18,57-33(14)61)47(71)55-39(30(9)10)43(67)75-22-3)24-32(13)25-50(17,46(70)54-38(29(7)8)42(66)74-21-2)60-36(64)27-52(19,58-34(15)62)48(72)56-40(31(11)12)44(68)76-23-4/h28-31,37-40H,13,20-27H2,1-12,14-19H3,(H,53,69)(H,54,70)(H,55,71)(H,56,72)(H,57,61)(H,58,62)(H,59,63)(H,60,64)/t37-,38-,39-,40-,49-,50-,51+,52+/m0/s1. The SMILES string of the molecule is C=C(C[C@](C)(NC(=O)C[C@@](C)(NC(C)=O)C(=O)N[C@H](C(=O)OCC)C(C)C)C(=O)N[C@H](C(=O)OCC)C(C)C)C[C@](C)(NC(=O)C[C@@](C)(NC(C)=O)C(=O)N[C@H](C(=O)OCC)C(C)C)C(=O)N[C@H](C(=O)OCC)C(C)C. The van der Waals surface area contributed by atoms with Gasteiger partial charge in [0.15, 0.2) is 0 Å². The Labute approximate surface area is 447 Å². The lowest BCUT2D eigenvalue weighted by molar-refractivity contribution is -0.150. The van der Waals surface area contributed by atoms with Crippen LogP contribution in [0.25, 0.3) is 0 Å². The highest BCUT2D eigenvalue weighted by Gasteiger charge is 2.47. The molecule has 0 saturated carbocycles. The summed E-state index contributed by atoms with van der Waals surface area (Å²) in [6.07, 6.45) is -2.77. The molecular formula is C52H88N8O16. The normalized spacial score (nSPS) is 16.0. The number of carbonyl (C=O) groups excluding carboxylic acids is 12. The fourth-order valence-electron chi connectivity index (χ4n) is 8.03. The Morgan fingerprint density at radius 3 is 0.737 bits per heavy atom. The first-order chi connectivity index (χ1) is 34.9. The number of nitrogens with one attached hydrogen (secondary N) is 8. The van der Waals surface area contributed by atoms with Gasteiger partial charge in [-0.15, -0.1) is 0 Å². The van der Waals surface area contributed by atoms with E-state index < -0.39 is 167 Å². The summed E-state index contributed by atoms with van der Waals surface area (Å²) in [6.45, 7) is 30.6. The Balaban J connectivity index is 7.80. The van der Waals surface area contributed by atoms with Gasteiger partial charge < -0.3 is 61.5 Å². The molecular weight excluding hydrogens is 993 g/mol. The van der Waals surface area contributed by atoms with Gasteiger partial charge in [-0.3, -0.25) is 38.4 Å². The molecule has 0 aliphatic carbocycles. The Kier molecular flexibility index (Phi) is 28.1. The van der Waals surface area contributed by atoms with Gasteiger partial charge in [0.05, 0.1) is 39.3 Å². The van der Waals surface area contributed by atoms with Crippen molar-refractivity contribution in [1.82, 2.24) is 42.5 Å². The van der Waals surface area contributed by atoms with Crippen molar-refractivity contribution in [2.75, 3.05) is 26.4 Å². The summed E-state index contributed by atoms with van der Waals surface area (Å²) in [7, 11) is 0. The number of ether oxygens (including phenoxy) is 4. The number of amides is 8. The van der Waals surface area contributed by atoms with Gasteiger partial charge in [0.1, 0.15) is 46.3 Å². The van der Waals surface area contributed by atoms with E-state index in [2.05, 4.69) is 49.1 Å². The van der Waals surface area contributed by atoms with Crippen LogP contribution in [0.2, 0.25) is 0 Å². The topological polar surface area (TPSA) is 338 Å². The average Bonchev–Trinajstić information content (AvgIpc) is 3.26.